The normalized spacial score (nSPS) is 17.4. The summed E-state index contributed by atoms with van der Waals surface area (Å²) in [6, 6.07) is 4.10. The van der Waals surface area contributed by atoms with Crippen molar-refractivity contribution < 1.29 is 18.8 Å². The number of benzene rings is 1. The van der Waals surface area contributed by atoms with E-state index < -0.39 is 16.8 Å². The summed E-state index contributed by atoms with van der Waals surface area (Å²) < 4.78 is 13.5. The number of halogens is 1. The Balaban J connectivity index is 1.82. The van der Waals surface area contributed by atoms with Crippen molar-refractivity contribution in [2.24, 2.45) is 0 Å². The Morgan fingerprint density at radius 3 is 2.64 bits per heavy atom. The quantitative estimate of drug-likeness (QED) is 0.758. The first kappa shape index (κ1) is 19.2. The lowest BCUT2D eigenvalue weighted by molar-refractivity contribution is -0.130. The fraction of sp³-hybridized carbons (Fsp3) is 0.471. The number of nitrogens with zero attached hydrogens (tertiary/aromatic N) is 1. The fourth-order valence-corrected chi connectivity index (χ4v) is 3.18. The lowest BCUT2D eigenvalue weighted by Gasteiger charge is -2.17. The van der Waals surface area contributed by atoms with E-state index in [1.807, 2.05) is 0 Å². The van der Waals surface area contributed by atoms with Gasteiger partial charge in [-0.1, -0.05) is 6.07 Å². The van der Waals surface area contributed by atoms with E-state index >= 15 is 0 Å². The standard InChI is InChI=1S/C17H22FN3O3S/c1-10-5-6-12(9-13(10)18)19-14(22)11(2)25-8-7-21-15(23)17(3,4)20-16(21)24/h5-6,9,11H,7-8H2,1-4H3,(H,19,22)(H,20,24). The van der Waals surface area contributed by atoms with E-state index in [1.54, 1.807) is 39.8 Å². The van der Waals surface area contributed by atoms with Gasteiger partial charge in [0.2, 0.25) is 5.91 Å². The van der Waals surface area contributed by atoms with Crippen LogP contribution in [0.15, 0.2) is 18.2 Å². The molecule has 0 saturated carbocycles. The third-order valence-corrected chi connectivity index (χ3v) is 5.07. The Hall–Kier alpha value is -2.09. The van der Waals surface area contributed by atoms with E-state index in [0.717, 1.165) is 4.90 Å². The summed E-state index contributed by atoms with van der Waals surface area (Å²) in [5, 5.41) is 4.86. The summed E-state index contributed by atoms with van der Waals surface area (Å²) in [5.41, 5.74) is 0.0218. The minimum absolute atomic E-state index is 0.232. The first-order chi connectivity index (χ1) is 11.6. The molecule has 2 rings (SSSR count). The molecule has 0 aliphatic carbocycles. The number of thioether (sulfide) groups is 1. The molecule has 2 N–H and O–H groups in total. The largest absolute Gasteiger partial charge is 0.325 e. The number of amides is 4. The van der Waals surface area contributed by atoms with Gasteiger partial charge in [-0.15, -0.1) is 11.8 Å². The van der Waals surface area contributed by atoms with Crippen molar-refractivity contribution in [1.29, 1.82) is 0 Å². The molecule has 136 valence electrons. The van der Waals surface area contributed by atoms with Crippen molar-refractivity contribution in [3.8, 4) is 0 Å². The van der Waals surface area contributed by atoms with Crippen LogP contribution in [0, 0.1) is 12.7 Å². The van der Waals surface area contributed by atoms with Crippen LogP contribution in [0.3, 0.4) is 0 Å². The van der Waals surface area contributed by atoms with Crippen LogP contribution in [0.25, 0.3) is 0 Å². The number of urea groups is 1. The van der Waals surface area contributed by atoms with Crippen LogP contribution in [0.2, 0.25) is 0 Å². The summed E-state index contributed by atoms with van der Waals surface area (Å²) in [5.74, 6) is -0.470. The van der Waals surface area contributed by atoms with Gasteiger partial charge in [0.15, 0.2) is 0 Å². The maximum Gasteiger partial charge on any atom is 0.325 e. The minimum Gasteiger partial charge on any atom is -0.325 e. The average Bonchev–Trinajstić information content (AvgIpc) is 2.72. The predicted octanol–water partition coefficient (Wildman–Crippen LogP) is 2.52. The summed E-state index contributed by atoms with van der Waals surface area (Å²) in [6.07, 6.45) is 0. The van der Waals surface area contributed by atoms with Crippen LogP contribution in [-0.4, -0.2) is 45.8 Å². The molecule has 1 unspecified atom stereocenters. The molecular formula is C17H22FN3O3S. The number of anilines is 1. The highest BCUT2D eigenvalue weighted by atomic mass is 32.2. The molecule has 6 nitrogen and oxygen atoms in total. The number of rotatable bonds is 6. The molecular weight excluding hydrogens is 345 g/mol. The molecule has 8 heteroatoms. The average molecular weight is 367 g/mol. The van der Waals surface area contributed by atoms with Gasteiger partial charge in [0.05, 0.1) is 5.25 Å². The van der Waals surface area contributed by atoms with Crippen molar-refractivity contribution in [2.75, 3.05) is 17.6 Å². The van der Waals surface area contributed by atoms with E-state index in [1.165, 1.54) is 17.8 Å². The topological polar surface area (TPSA) is 78.5 Å². The zero-order chi connectivity index (χ0) is 18.8. The third-order valence-electron chi connectivity index (χ3n) is 3.94. The van der Waals surface area contributed by atoms with Gasteiger partial charge >= 0.3 is 6.03 Å². The molecule has 1 atom stereocenters. The van der Waals surface area contributed by atoms with E-state index in [2.05, 4.69) is 10.6 Å². The van der Waals surface area contributed by atoms with E-state index in [9.17, 15) is 18.8 Å². The van der Waals surface area contributed by atoms with Crippen molar-refractivity contribution in [3.63, 3.8) is 0 Å². The first-order valence-corrected chi connectivity index (χ1v) is 8.99. The molecule has 0 radical (unpaired) electrons. The highest BCUT2D eigenvalue weighted by molar-refractivity contribution is 8.00. The van der Waals surface area contributed by atoms with Crippen molar-refractivity contribution >= 4 is 35.3 Å². The van der Waals surface area contributed by atoms with Crippen LogP contribution in [-0.2, 0) is 9.59 Å². The lowest BCUT2D eigenvalue weighted by Crippen LogP contribution is -2.40. The molecule has 4 amide bonds. The van der Waals surface area contributed by atoms with Crippen LogP contribution in [0.5, 0.6) is 0 Å². The van der Waals surface area contributed by atoms with Gasteiger partial charge in [0, 0.05) is 18.0 Å². The highest BCUT2D eigenvalue weighted by Crippen LogP contribution is 2.20. The summed E-state index contributed by atoms with van der Waals surface area (Å²) in [6.45, 7) is 6.90. The third kappa shape index (κ3) is 4.50. The summed E-state index contributed by atoms with van der Waals surface area (Å²) in [4.78, 5) is 37.2. The van der Waals surface area contributed by atoms with E-state index in [4.69, 9.17) is 0 Å². The van der Waals surface area contributed by atoms with Gasteiger partial charge in [-0.05, 0) is 45.4 Å². The monoisotopic (exact) mass is 367 g/mol. The summed E-state index contributed by atoms with van der Waals surface area (Å²) >= 11 is 1.32. The number of carbonyl (C=O) groups excluding carboxylic acids is 3. The van der Waals surface area contributed by atoms with Crippen LogP contribution >= 0.6 is 11.8 Å². The molecule has 1 aromatic rings. The smallest absolute Gasteiger partial charge is 0.325 e. The Kier molecular flexibility index (Phi) is 5.72. The fourth-order valence-electron chi connectivity index (χ4n) is 2.33. The number of hydrogen-bond donors (Lipinski definition) is 2. The zero-order valence-electron chi connectivity index (χ0n) is 14.7. The number of imide groups is 1. The number of carbonyl (C=O) groups is 3. The van der Waals surface area contributed by atoms with Gasteiger partial charge in [0.25, 0.3) is 5.91 Å². The van der Waals surface area contributed by atoms with E-state index in [0.29, 0.717) is 17.0 Å². The molecule has 1 aliphatic rings. The molecule has 25 heavy (non-hydrogen) atoms. The van der Waals surface area contributed by atoms with E-state index in [-0.39, 0.29) is 24.2 Å². The molecule has 1 aliphatic heterocycles. The van der Waals surface area contributed by atoms with Gasteiger partial charge < -0.3 is 10.6 Å². The van der Waals surface area contributed by atoms with Crippen LogP contribution in [0.4, 0.5) is 14.9 Å². The highest BCUT2D eigenvalue weighted by Gasteiger charge is 2.43. The lowest BCUT2D eigenvalue weighted by atomic mass is 10.1. The second-order valence-corrected chi connectivity index (χ2v) is 7.93. The Bertz CT molecular complexity index is 708. The van der Waals surface area contributed by atoms with Gasteiger partial charge in [-0.3, -0.25) is 14.5 Å². The molecule has 1 fully saturated rings. The predicted molar refractivity (Wildman–Crippen MR) is 96.0 cm³/mol. The SMILES string of the molecule is Cc1ccc(NC(=O)C(C)SCCN2C(=O)NC(C)(C)C2=O)cc1F. The molecule has 1 aromatic carbocycles. The minimum atomic E-state index is -0.889. The van der Waals surface area contributed by atoms with Gasteiger partial charge in [0.1, 0.15) is 11.4 Å². The Labute approximate surface area is 150 Å². The number of nitrogens with one attached hydrogen (secondary N) is 2. The zero-order valence-corrected chi connectivity index (χ0v) is 15.5. The second-order valence-electron chi connectivity index (χ2n) is 6.48. The molecule has 1 heterocycles. The van der Waals surface area contributed by atoms with Crippen molar-refractivity contribution in [2.45, 2.75) is 38.5 Å². The van der Waals surface area contributed by atoms with Gasteiger partial charge in [-0.2, -0.15) is 0 Å². The molecule has 0 aromatic heterocycles. The summed E-state index contributed by atoms with van der Waals surface area (Å²) in [7, 11) is 0. The van der Waals surface area contributed by atoms with Crippen LogP contribution in [0.1, 0.15) is 26.3 Å². The Morgan fingerprint density at radius 2 is 2.08 bits per heavy atom. The van der Waals surface area contributed by atoms with Crippen molar-refractivity contribution in [3.05, 3.63) is 29.6 Å². The maximum absolute atomic E-state index is 13.5. The molecule has 1 saturated heterocycles. The molecule has 0 bridgehead atoms. The van der Waals surface area contributed by atoms with Gasteiger partial charge in [-0.25, -0.2) is 9.18 Å². The first-order valence-electron chi connectivity index (χ1n) is 7.94. The number of hydrogen-bond acceptors (Lipinski definition) is 4. The Morgan fingerprint density at radius 1 is 1.40 bits per heavy atom. The number of aryl methyl sites for hydroxylation is 1. The van der Waals surface area contributed by atoms with Crippen molar-refractivity contribution in [1.82, 2.24) is 10.2 Å². The van der Waals surface area contributed by atoms with Crippen LogP contribution < -0.4 is 10.6 Å². The molecule has 0 spiro atoms. The maximum atomic E-state index is 13.5. The second kappa shape index (κ2) is 7.43.